The van der Waals surface area contributed by atoms with E-state index in [-0.39, 0.29) is 17.7 Å². The number of hydrogen-bond acceptors (Lipinski definition) is 3. The van der Waals surface area contributed by atoms with E-state index in [1.165, 1.54) is 0 Å². The summed E-state index contributed by atoms with van der Waals surface area (Å²) in [5, 5.41) is 3.20. The monoisotopic (exact) mass is 269 g/mol. The fourth-order valence-corrected chi connectivity index (χ4v) is 2.61. The van der Waals surface area contributed by atoms with E-state index in [1.54, 1.807) is 19.0 Å². The molecule has 1 aliphatic rings. The van der Waals surface area contributed by atoms with E-state index >= 15 is 0 Å². The van der Waals surface area contributed by atoms with E-state index in [0.29, 0.717) is 13.1 Å². The van der Waals surface area contributed by atoms with Crippen molar-refractivity contribution in [1.29, 1.82) is 0 Å². The topological polar surface area (TPSA) is 52.7 Å². The molecule has 0 unspecified atom stereocenters. The van der Waals surface area contributed by atoms with Gasteiger partial charge in [0.25, 0.3) is 0 Å². The minimum Gasteiger partial charge on any atom is -0.349 e. The zero-order chi connectivity index (χ0) is 14.6. The molecule has 0 bridgehead atoms. The third kappa shape index (κ3) is 3.93. The number of likely N-dealkylation sites (tertiary alicyclic amines) is 1. The molecule has 2 amide bonds. The fraction of sp³-hybridized carbons (Fsp3) is 0.857. The van der Waals surface area contributed by atoms with Crippen LogP contribution in [0.25, 0.3) is 0 Å². The lowest BCUT2D eigenvalue weighted by atomic mass is 9.93. The molecule has 1 heterocycles. The maximum absolute atomic E-state index is 12.4. The molecule has 1 N–H and O–H groups in total. The summed E-state index contributed by atoms with van der Waals surface area (Å²) in [6.45, 7) is 7.95. The van der Waals surface area contributed by atoms with Gasteiger partial charge in [0, 0.05) is 33.1 Å². The molecular formula is C14H27N3O2. The summed E-state index contributed by atoms with van der Waals surface area (Å²) >= 11 is 0. The Labute approximate surface area is 116 Å². The van der Waals surface area contributed by atoms with E-state index in [9.17, 15) is 9.59 Å². The smallest absolute Gasteiger partial charge is 0.242 e. The molecule has 0 aromatic rings. The van der Waals surface area contributed by atoms with Gasteiger partial charge in [-0.25, -0.2) is 0 Å². The van der Waals surface area contributed by atoms with Gasteiger partial charge >= 0.3 is 0 Å². The van der Waals surface area contributed by atoms with Crippen LogP contribution in [-0.4, -0.2) is 60.9 Å². The summed E-state index contributed by atoms with van der Waals surface area (Å²) in [4.78, 5) is 27.8. The predicted molar refractivity (Wildman–Crippen MR) is 75.8 cm³/mol. The summed E-state index contributed by atoms with van der Waals surface area (Å²) in [5.41, 5.74) is -0.521. The van der Waals surface area contributed by atoms with Gasteiger partial charge in [0.15, 0.2) is 0 Å². The van der Waals surface area contributed by atoms with Crippen molar-refractivity contribution in [1.82, 2.24) is 15.1 Å². The van der Waals surface area contributed by atoms with Gasteiger partial charge in [0.2, 0.25) is 11.8 Å². The van der Waals surface area contributed by atoms with Crippen LogP contribution < -0.4 is 5.32 Å². The highest BCUT2D eigenvalue weighted by atomic mass is 16.2. The van der Waals surface area contributed by atoms with Crippen molar-refractivity contribution >= 4 is 11.8 Å². The molecule has 1 rings (SSSR count). The molecule has 1 fully saturated rings. The molecule has 1 saturated heterocycles. The molecule has 0 atom stereocenters. The van der Waals surface area contributed by atoms with Crippen LogP contribution in [0.1, 0.15) is 33.6 Å². The van der Waals surface area contributed by atoms with Gasteiger partial charge in [-0.2, -0.15) is 0 Å². The van der Waals surface area contributed by atoms with Gasteiger partial charge < -0.3 is 15.1 Å². The molecule has 0 saturated carbocycles. The Kier molecular flexibility index (Phi) is 5.35. The van der Waals surface area contributed by atoms with E-state index in [0.717, 1.165) is 19.4 Å². The molecule has 1 aliphatic heterocycles. The van der Waals surface area contributed by atoms with Crippen LogP contribution in [0.5, 0.6) is 0 Å². The van der Waals surface area contributed by atoms with Crippen molar-refractivity contribution in [2.45, 2.75) is 39.2 Å². The standard InChI is InChI=1S/C14H27N3O2/c1-6-15-14(2,3)13(19)17-9-7-11(8-10-17)12(18)16(4)5/h11,15H,6-10H2,1-5H3. The molecule has 0 aromatic carbocycles. The van der Waals surface area contributed by atoms with Crippen LogP contribution in [0.4, 0.5) is 0 Å². The first-order chi connectivity index (χ1) is 8.79. The third-order valence-electron chi connectivity index (χ3n) is 3.73. The maximum Gasteiger partial charge on any atom is 0.242 e. The number of nitrogens with zero attached hydrogens (tertiary/aromatic N) is 2. The number of amides is 2. The summed E-state index contributed by atoms with van der Waals surface area (Å²) < 4.78 is 0. The molecule has 19 heavy (non-hydrogen) atoms. The summed E-state index contributed by atoms with van der Waals surface area (Å²) in [6.07, 6.45) is 1.54. The molecule has 110 valence electrons. The Morgan fingerprint density at radius 1 is 1.26 bits per heavy atom. The number of likely N-dealkylation sites (N-methyl/N-ethyl adjacent to an activating group) is 1. The predicted octanol–water partition coefficient (Wildman–Crippen LogP) is 0.701. The maximum atomic E-state index is 12.4. The molecule has 5 heteroatoms. The van der Waals surface area contributed by atoms with Crippen molar-refractivity contribution in [3.8, 4) is 0 Å². The summed E-state index contributed by atoms with van der Waals surface area (Å²) in [7, 11) is 3.57. The molecule has 0 spiro atoms. The molecule has 0 aliphatic carbocycles. The Morgan fingerprint density at radius 3 is 2.21 bits per heavy atom. The normalized spacial score (nSPS) is 17.4. The molecule has 5 nitrogen and oxygen atoms in total. The zero-order valence-corrected chi connectivity index (χ0v) is 12.8. The van der Waals surface area contributed by atoms with Crippen LogP contribution in [0.15, 0.2) is 0 Å². The second-order valence-corrected chi connectivity index (χ2v) is 5.95. The van der Waals surface area contributed by atoms with E-state index in [4.69, 9.17) is 0 Å². The first-order valence-corrected chi connectivity index (χ1v) is 7.05. The van der Waals surface area contributed by atoms with Gasteiger partial charge in [-0.1, -0.05) is 6.92 Å². The second-order valence-electron chi connectivity index (χ2n) is 5.95. The van der Waals surface area contributed by atoms with E-state index in [1.807, 2.05) is 25.7 Å². The van der Waals surface area contributed by atoms with Crippen LogP contribution in [-0.2, 0) is 9.59 Å². The highest BCUT2D eigenvalue weighted by molar-refractivity contribution is 5.86. The van der Waals surface area contributed by atoms with Crippen molar-refractivity contribution in [2.75, 3.05) is 33.7 Å². The summed E-state index contributed by atoms with van der Waals surface area (Å²) in [6, 6.07) is 0. The van der Waals surface area contributed by atoms with Gasteiger partial charge in [0.1, 0.15) is 0 Å². The number of carbonyl (C=O) groups is 2. The van der Waals surface area contributed by atoms with Gasteiger partial charge in [-0.3, -0.25) is 9.59 Å². The second kappa shape index (κ2) is 6.37. The Hall–Kier alpha value is -1.10. The number of rotatable bonds is 4. The minimum atomic E-state index is -0.521. The average molecular weight is 269 g/mol. The Morgan fingerprint density at radius 2 is 1.79 bits per heavy atom. The molecule has 0 radical (unpaired) electrons. The number of nitrogens with one attached hydrogen (secondary N) is 1. The zero-order valence-electron chi connectivity index (χ0n) is 12.8. The quantitative estimate of drug-likeness (QED) is 0.817. The van der Waals surface area contributed by atoms with E-state index in [2.05, 4.69) is 5.32 Å². The lowest BCUT2D eigenvalue weighted by Crippen LogP contribution is -2.56. The lowest BCUT2D eigenvalue weighted by molar-refractivity contribution is -0.142. The highest BCUT2D eigenvalue weighted by Gasteiger charge is 2.34. The van der Waals surface area contributed by atoms with Crippen LogP contribution in [0.3, 0.4) is 0 Å². The third-order valence-corrected chi connectivity index (χ3v) is 3.73. The van der Waals surface area contributed by atoms with Crippen LogP contribution in [0.2, 0.25) is 0 Å². The number of hydrogen-bond donors (Lipinski definition) is 1. The fourth-order valence-electron chi connectivity index (χ4n) is 2.61. The van der Waals surface area contributed by atoms with Crippen LogP contribution >= 0.6 is 0 Å². The minimum absolute atomic E-state index is 0.0706. The Bertz CT molecular complexity index is 332. The van der Waals surface area contributed by atoms with Gasteiger partial charge in [-0.15, -0.1) is 0 Å². The first kappa shape index (κ1) is 16.0. The van der Waals surface area contributed by atoms with E-state index < -0.39 is 5.54 Å². The Balaban J connectivity index is 2.54. The van der Waals surface area contributed by atoms with Gasteiger partial charge in [0.05, 0.1) is 5.54 Å². The largest absolute Gasteiger partial charge is 0.349 e. The highest BCUT2D eigenvalue weighted by Crippen LogP contribution is 2.21. The number of piperidine rings is 1. The van der Waals surface area contributed by atoms with Crippen molar-refractivity contribution in [2.24, 2.45) is 5.92 Å². The first-order valence-electron chi connectivity index (χ1n) is 7.05. The average Bonchev–Trinajstić information content (AvgIpc) is 2.37. The summed E-state index contributed by atoms with van der Waals surface area (Å²) in [5.74, 6) is 0.379. The molecule has 0 aromatic heterocycles. The van der Waals surface area contributed by atoms with Gasteiger partial charge in [-0.05, 0) is 33.2 Å². The SMILES string of the molecule is CCNC(C)(C)C(=O)N1CCC(C(=O)N(C)C)CC1. The number of carbonyl (C=O) groups excluding carboxylic acids is 2. The molecular weight excluding hydrogens is 242 g/mol. The van der Waals surface area contributed by atoms with Crippen LogP contribution in [0, 0.1) is 5.92 Å². The van der Waals surface area contributed by atoms with Crippen molar-refractivity contribution in [3.05, 3.63) is 0 Å². The van der Waals surface area contributed by atoms with Crippen molar-refractivity contribution in [3.63, 3.8) is 0 Å². The lowest BCUT2D eigenvalue weighted by Gasteiger charge is -2.37. The van der Waals surface area contributed by atoms with Crippen molar-refractivity contribution < 1.29 is 9.59 Å².